The lowest BCUT2D eigenvalue weighted by molar-refractivity contribution is 0.311. The number of aromatic nitrogens is 4. The first-order chi connectivity index (χ1) is 15.7. The second kappa shape index (κ2) is 8.32. The van der Waals surface area contributed by atoms with Gasteiger partial charge in [-0.2, -0.15) is 10.4 Å². The molecule has 0 spiro atoms. The predicted molar refractivity (Wildman–Crippen MR) is 123 cm³/mol. The lowest BCUT2D eigenvalue weighted by Crippen LogP contribution is -2.13. The number of aliphatic hydroxyl groups excluding tert-OH is 1. The van der Waals surface area contributed by atoms with Crippen molar-refractivity contribution in [2.24, 2.45) is 5.92 Å². The van der Waals surface area contributed by atoms with E-state index in [1.54, 1.807) is 6.20 Å². The van der Waals surface area contributed by atoms with E-state index >= 15 is 0 Å². The fraction of sp³-hybridized carbons (Fsp3) is 0.304. The van der Waals surface area contributed by atoms with Crippen molar-refractivity contribution < 1.29 is 5.11 Å². The van der Waals surface area contributed by atoms with Crippen LogP contribution in [0.4, 0.5) is 17.3 Å². The van der Waals surface area contributed by atoms with E-state index in [-0.39, 0.29) is 18.2 Å². The van der Waals surface area contributed by atoms with Crippen LogP contribution in [0.1, 0.15) is 25.3 Å². The van der Waals surface area contributed by atoms with Crippen LogP contribution in [0.2, 0.25) is 0 Å². The minimum atomic E-state index is -0.218. The molecule has 0 amide bonds. The zero-order valence-electron chi connectivity index (χ0n) is 17.4. The molecule has 0 saturated heterocycles. The van der Waals surface area contributed by atoms with Crippen LogP contribution in [0, 0.1) is 17.2 Å². The first-order valence-corrected chi connectivity index (χ1v) is 10.7. The molecule has 0 bridgehead atoms. The average Bonchev–Trinajstić information content (AvgIpc) is 3.58. The Morgan fingerprint density at radius 2 is 2.16 bits per heavy atom. The summed E-state index contributed by atoms with van der Waals surface area (Å²) in [4.78, 5) is 19.9. The summed E-state index contributed by atoms with van der Waals surface area (Å²) < 4.78 is 1.84. The van der Waals surface area contributed by atoms with Gasteiger partial charge in [0.2, 0.25) is 0 Å². The Hall–Kier alpha value is -3.90. The number of hydrogen-bond acceptors (Lipinski definition) is 7. The third kappa shape index (κ3) is 3.76. The number of hydrogen-bond donors (Lipinski definition) is 4. The normalized spacial score (nSPS) is 14.4. The maximum absolute atomic E-state index is 12.7. The van der Waals surface area contributed by atoms with E-state index in [9.17, 15) is 10.1 Å². The molecule has 1 saturated carbocycles. The largest absolute Gasteiger partial charge is 0.395 e. The number of rotatable bonds is 8. The summed E-state index contributed by atoms with van der Waals surface area (Å²) in [5.74, 6) is 1.59. The molecule has 1 fully saturated rings. The van der Waals surface area contributed by atoms with Crippen LogP contribution >= 0.6 is 0 Å². The van der Waals surface area contributed by atoms with Crippen molar-refractivity contribution in [2.75, 3.05) is 23.8 Å². The van der Waals surface area contributed by atoms with Crippen molar-refractivity contribution in [3.63, 3.8) is 0 Å². The second-order valence-corrected chi connectivity index (χ2v) is 8.01. The number of aromatic amines is 1. The first-order valence-electron chi connectivity index (χ1n) is 10.7. The zero-order valence-corrected chi connectivity index (χ0v) is 17.4. The fourth-order valence-electron chi connectivity index (χ4n) is 4.09. The van der Waals surface area contributed by atoms with Gasteiger partial charge in [0.15, 0.2) is 5.82 Å². The van der Waals surface area contributed by atoms with Crippen LogP contribution in [-0.4, -0.2) is 38.0 Å². The molecule has 3 aromatic heterocycles. The average molecular weight is 429 g/mol. The highest BCUT2D eigenvalue weighted by Crippen LogP contribution is 2.43. The van der Waals surface area contributed by atoms with Crippen LogP contribution in [0.15, 0.2) is 47.4 Å². The standard InChI is InChI=1S/C23H23N7O2/c24-9-7-18(14-1-2-14)30-19-8-10-26-23(32)21(19)22(29-30)27-16-4-5-17-15(13-16)3-6-20(28-17)25-11-12-31/h3-6,8,10,13-14,18,31H,1-2,7,11-12H2,(H,25,28)(H,26,32)(H,27,29). The predicted octanol–water partition coefficient (Wildman–Crippen LogP) is 3.29. The zero-order chi connectivity index (χ0) is 22.1. The molecule has 0 radical (unpaired) electrons. The molecule has 32 heavy (non-hydrogen) atoms. The molecule has 9 heteroatoms. The second-order valence-electron chi connectivity index (χ2n) is 8.01. The van der Waals surface area contributed by atoms with Gasteiger partial charge >= 0.3 is 0 Å². The van der Waals surface area contributed by atoms with Gasteiger partial charge in [0.05, 0.1) is 36.2 Å². The van der Waals surface area contributed by atoms with Gasteiger partial charge < -0.3 is 20.7 Å². The third-order valence-electron chi connectivity index (χ3n) is 5.78. The van der Waals surface area contributed by atoms with Crippen LogP contribution < -0.4 is 16.2 Å². The Labute approximate surface area is 183 Å². The maximum atomic E-state index is 12.7. The van der Waals surface area contributed by atoms with E-state index in [2.05, 4.69) is 26.7 Å². The summed E-state index contributed by atoms with van der Waals surface area (Å²) in [5, 5.41) is 30.8. The summed E-state index contributed by atoms with van der Waals surface area (Å²) in [6, 6.07) is 13.6. The van der Waals surface area contributed by atoms with E-state index in [0.29, 0.717) is 35.9 Å². The summed E-state index contributed by atoms with van der Waals surface area (Å²) in [7, 11) is 0. The van der Waals surface area contributed by atoms with Crippen LogP contribution in [0.5, 0.6) is 0 Å². The number of anilines is 3. The van der Waals surface area contributed by atoms with Gasteiger partial charge in [-0.15, -0.1) is 0 Å². The van der Waals surface area contributed by atoms with Crippen LogP contribution in [-0.2, 0) is 0 Å². The van der Waals surface area contributed by atoms with Crippen molar-refractivity contribution >= 4 is 39.1 Å². The van der Waals surface area contributed by atoms with E-state index in [0.717, 1.165) is 34.9 Å². The minimum Gasteiger partial charge on any atom is -0.395 e. The molecule has 1 unspecified atom stereocenters. The highest BCUT2D eigenvalue weighted by atomic mass is 16.3. The molecular weight excluding hydrogens is 406 g/mol. The number of H-pyrrole nitrogens is 1. The molecule has 1 aliphatic carbocycles. The quantitative estimate of drug-likeness (QED) is 0.338. The molecule has 5 rings (SSSR count). The molecular formula is C23H23N7O2. The van der Waals surface area contributed by atoms with E-state index in [1.165, 1.54) is 0 Å². The Morgan fingerprint density at radius 1 is 1.28 bits per heavy atom. The van der Waals surface area contributed by atoms with Crippen molar-refractivity contribution in [2.45, 2.75) is 25.3 Å². The highest BCUT2D eigenvalue weighted by molar-refractivity contribution is 5.92. The van der Waals surface area contributed by atoms with Crippen molar-refractivity contribution in [1.82, 2.24) is 19.7 Å². The topological polar surface area (TPSA) is 132 Å². The van der Waals surface area contributed by atoms with Crippen LogP contribution in [0.25, 0.3) is 21.8 Å². The number of nitrogens with zero attached hydrogens (tertiary/aromatic N) is 4. The monoisotopic (exact) mass is 429 g/mol. The Kier molecular flexibility index (Phi) is 5.21. The molecule has 3 heterocycles. The smallest absolute Gasteiger partial charge is 0.261 e. The molecule has 9 nitrogen and oxygen atoms in total. The SMILES string of the molecule is N#CCC(C1CC1)n1nc(Nc2ccc3nc(NCCO)ccc3c2)c2c(=O)[nH]ccc21. The highest BCUT2D eigenvalue weighted by Gasteiger charge is 2.34. The third-order valence-corrected chi connectivity index (χ3v) is 5.78. The molecule has 4 N–H and O–H groups in total. The summed E-state index contributed by atoms with van der Waals surface area (Å²) in [6.07, 6.45) is 4.13. The van der Waals surface area contributed by atoms with Crippen LogP contribution in [0.3, 0.4) is 0 Å². The molecule has 1 atom stereocenters. The number of pyridine rings is 2. The van der Waals surface area contributed by atoms with Gasteiger partial charge in [-0.25, -0.2) is 4.98 Å². The fourth-order valence-corrected chi connectivity index (χ4v) is 4.09. The lowest BCUT2D eigenvalue weighted by atomic mass is 10.1. The molecule has 1 aliphatic rings. The number of nitrogens with one attached hydrogen (secondary N) is 3. The van der Waals surface area contributed by atoms with Crippen molar-refractivity contribution in [3.05, 3.63) is 52.9 Å². The summed E-state index contributed by atoms with van der Waals surface area (Å²) >= 11 is 0. The van der Waals surface area contributed by atoms with Gasteiger partial charge in [0.1, 0.15) is 11.2 Å². The Bertz CT molecular complexity index is 1380. The van der Waals surface area contributed by atoms with E-state index < -0.39 is 0 Å². The molecule has 162 valence electrons. The number of fused-ring (bicyclic) bond motifs is 2. The summed E-state index contributed by atoms with van der Waals surface area (Å²) in [6.45, 7) is 0.481. The summed E-state index contributed by atoms with van der Waals surface area (Å²) in [5.41, 5.74) is 2.11. The molecule has 1 aromatic carbocycles. The lowest BCUT2D eigenvalue weighted by Gasteiger charge is -2.14. The minimum absolute atomic E-state index is 0.0366. The van der Waals surface area contributed by atoms with Gasteiger partial charge in [-0.1, -0.05) is 0 Å². The molecule has 4 aromatic rings. The van der Waals surface area contributed by atoms with E-state index in [1.807, 2.05) is 41.1 Å². The Morgan fingerprint density at radius 3 is 2.94 bits per heavy atom. The Balaban J connectivity index is 1.51. The maximum Gasteiger partial charge on any atom is 0.261 e. The first kappa shape index (κ1) is 20.0. The van der Waals surface area contributed by atoms with Gasteiger partial charge in [0, 0.05) is 23.8 Å². The number of benzene rings is 1. The van der Waals surface area contributed by atoms with Crippen molar-refractivity contribution in [3.8, 4) is 6.07 Å². The van der Waals surface area contributed by atoms with Crippen molar-refractivity contribution in [1.29, 1.82) is 5.26 Å². The number of nitriles is 1. The van der Waals surface area contributed by atoms with Gasteiger partial charge in [-0.05, 0) is 55.2 Å². The number of aliphatic hydroxyl groups is 1. The van der Waals surface area contributed by atoms with E-state index in [4.69, 9.17) is 10.2 Å². The van der Waals surface area contributed by atoms with Gasteiger partial charge in [-0.3, -0.25) is 9.48 Å². The molecule has 0 aliphatic heterocycles. The van der Waals surface area contributed by atoms with Gasteiger partial charge in [0.25, 0.3) is 5.56 Å².